The molecule has 1 aliphatic carbocycles. The van der Waals surface area contributed by atoms with Crippen LogP contribution in [0.15, 0.2) is 42.6 Å². The van der Waals surface area contributed by atoms with Gasteiger partial charge in [0.1, 0.15) is 5.82 Å². The number of benzene rings is 1. The van der Waals surface area contributed by atoms with E-state index in [2.05, 4.69) is 22.5 Å². The molecule has 2 atom stereocenters. The predicted molar refractivity (Wildman–Crippen MR) is 84.6 cm³/mol. The number of rotatable bonds is 4. The van der Waals surface area contributed by atoms with Crippen molar-refractivity contribution in [3.63, 3.8) is 0 Å². The number of hydrogen-bond donors (Lipinski definition) is 2. The van der Waals surface area contributed by atoms with Crippen molar-refractivity contribution in [3.8, 4) is 0 Å². The fourth-order valence-electron chi connectivity index (χ4n) is 2.26. The Kier molecular flexibility index (Phi) is 3.60. The van der Waals surface area contributed by atoms with Crippen LogP contribution in [0.2, 0.25) is 0 Å². The molecule has 0 aliphatic heterocycles. The van der Waals surface area contributed by atoms with Gasteiger partial charge in [-0.3, -0.25) is 4.79 Å². The van der Waals surface area contributed by atoms with Crippen molar-refractivity contribution in [3.05, 3.63) is 53.7 Å². The zero-order chi connectivity index (χ0) is 14.8. The van der Waals surface area contributed by atoms with Crippen LogP contribution < -0.4 is 10.6 Å². The van der Waals surface area contributed by atoms with Crippen LogP contribution >= 0.6 is 0 Å². The number of pyridine rings is 1. The van der Waals surface area contributed by atoms with Crippen molar-refractivity contribution >= 4 is 17.4 Å². The average molecular weight is 281 g/mol. The molecule has 2 aromatic rings. The van der Waals surface area contributed by atoms with Gasteiger partial charge in [0.05, 0.1) is 11.9 Å². The molecule has 1 aromatic heterocycles. The van der Waals surface area contributed by atoms with Crippen LogP contribution in [0.5, 0.6) is 0 Å². The lowest BCUT2D eigenvalue weighted by Crippen LogP contribution is -2.12. The number of hydrogen-bond acceptors (Lipinski definition) is 3. The van der Waals surface area contributed by atoms with Crippen molar-refractivity contribution in [1.82, 2.24) is 4.98 Å². The summed E-state index contributed by atoms with van der Waals surface area (Å²) in [5, 5.41) is 6.22. The smallest absolute Gasteiger partial charge is 0.255 e. The highest BCUT2D eigenvalue weighted by atomic mass is 16.1. The van der Waals surface area contributed by atoms with Crippen LogP contribution in [0.25, 0.3) is 0 Å². The van der Waals surface area contributed by atoms with Crippen LogP contribution in [-0.4, -0.2) is 16.9 Å². The maximum Gasteiger partial charge on any atom is 0.255 e. The second kappa shape index (κ2) is 5.56. The van der Waals surface area contributed by atoms with Gasteiger partial charge in [-0.25, -0.2) is 4.98 Å². The largest absolute Gasteiger partial charge is 0.367 e. The summed E-state index contributed by atoms with van der Waals surface area (Å²) in [5.41, 5.74) is 2.43. The molecule has 108 valence electrons. The first-order chi connectivity index (χ1) is 10.1. The molecule has 1 amide bonds. The van der Waals surface area contributed by atoms with E-state index in [0.717, 1.165) is 17.3 Å². The third kappa shape index (κ3) is 3.40. The first kappa shape index (κ1) is 13.6. The average Bonchev–Trinajstić information content (AvgIpc) is 3.16. The summed E-state index contributed by atoms with van der Waals surface area (Å²) in [6, 6.07) is 11.8. The summed E-state index contributed by atoms with van der Waals surface area (Å²) >= 11 is 0. The zero-order valence-corrected chi connectivity index (χ0v) is 12.3. The highest BCUT2D eigenvalue weighted by Crippen LogP contribution is 2.32. The number of aryl methyl sites for hydroxylation is 1. The van der Waals surface area contributed by atoms with E-state index >= 15 is 0 Å². The van der Waals surface area contributed by atoms with Crippen LogP contribution in [-0.2, 0) is 0 Å². The van der Waals surface area contributed by atoms with Crippen LogP contribution in [0.3, 0.4) is 0 Å². The van der Waals surface area contributed by atoms with E-state index in [9.17, 15) is 4.79 Å². The Morgan fingerprint density at radius 3 is 2.71 bits per heavy atom. The molecular formula is C17H19N3O. The minimum Gasteiger partial charge on any atom is -0.367 e. The van der Waals surface area contributed by atoms with Crippen molar-refractivity contribution in [1.29, 1.82) is 0 Å². The minimum atomic E-state index is -0.114. The summed E-state index contributed by atoms with van der Waals surface area (Å²) in [6.07, 6.45) is 2.89. The minimum absolute atomic E-state index is 0.114. The Hall–Kier alpha value is -2.36. The van der Waals surface area contributed by atoms with Crippen LogP contribution in [0.1, 0.15) is 29.3 Å². The molecule has 21 heavy (non-hydrogen) atoms. The van der Waals surface area contributed by atoms with Gasteiger partial charge in [-0.05, 0) is 43.5 Å². The summed E-state index contributed by atoms with van der Waals surface area (Å²) in [7, 11) is 0. The number of anilines is 2. The van der Waals surface area contributed by atoms with E-state index in [1.165, 1.54) is 6.42 Å². The first-order valence-electron chi connectivity index (χ1n) is 7.22. The van der Waals surface area contributed by atoms with E-state index in [0.29, 0.717) is 17.3 Å². The number of nitrogens with one attached hydrogen (secondary N) is 2. The molecule has 4 heteroatoms. The highest BCUT2D eigenvalue weighted by molar-refractivity contribution is 6.04. The lowest BCUT2D eigenvalue weighted by Gasteiger charge is -2.08. The maximum atomic E-state index is 12.1. The van der Waals surface area contributed by atoms with Gasteiger partial charge in [0.25, 0.3) is 5.91 Å². The third-order valence-electron chi connectivity index (χ3n) is 3.74. The standard InChI is InChI=1S/C17H19N3O/c1-11-4-3-5-13(8-11)17(21)19-14-6-7-16(18-10-14)20-15-9-12(15)2/h3-8,10,12,15H,9H2,1-2H3,(H,18,20)(H,19,21). The molecule has 1 aromatic carbocycles. The Balaban J connectivity index is 1.63. The number of carbonyl (C=O) groups excluding carboxylic acids is 1. The first-order valence-corrected chi connectivity index (χ1v) is 7.22. The van der Waals surface area contributed by atoms with Gasteiger partial charge >= 0.3 is 0 Å². The molecule has 2 unspecified atom stereocenters. The number of aromatic nitrogens is 1. The summed E-state index contributed by atoms with van der Waals surface area (Å²) < 4.78 is 0. The number of amides is 1. The van der Waals surface area contributed by atoms with Gasteiger partial charge in [-0.15, -0.1) is 0 Å². The van der Waals surface area contributed by atoms with Crippen LogP contribution in [0.4, 0.5) is 11.5 Å². The molecule has 2 N–H and O–H groups in total. The summed E-state index contributed by atoms with van der Waals surface area (Å²) in [5.74, 6) is 1.47. The molecule has 4 nitrogen and oxygen atoms in total. The van der Waals surface area contributed by atoms with E-state index in [4.69, 9.17) is 0 Å². The quantitative estimate of drug-likeness (QED) is 0.902. The number of nitrogens with zero attached hydrogens (tertiary/aromatic N) is 1. The van der Waals surface area contributed by atoms with E-state index in [1.807, 2.05) is 37.3 Å². The number of carbonyl (C=O) groups is 1. The van der Waals surface area contributed by atoms with Crippen molar-refractivity contribution in [2.45, 2.75) is 26.3 Å². The molecule has 1 aliphatic rings. The van der Waals surface area contributed by atoms with Gasteiger partial charge in [-0.2, -0.15) is 0 Å². The molecule has 0 radical (unpaired) electrons. The maximum absolute atomic E-state index is 12.1. The fourth-order valence-corrected chi connectivity index (χ4v) is 2.26. The highest BCUT2D eigenvalue weighted by Gasteiger charge is 2.32. The van der Waals surface area contributed by atoms with Gasteiger partial charge < -0.3 is 10.6 Å². The Bertz CT molecular complexity index is 651. The van der Waals surface area contributed by atoms with Crippen molar-refractivity contribution < 1.29 is 4.79 Å². The van der Waals surface area contributed by atoms with Gasteiger partial charge in [0.15, 0.2) is 0 Å². The molecule has 1 heterocycles. The second-order valence-corrected chi connectivity index (χ2v) is 5.72. The van der Waals surface area contributed by atoms with E-state index < -0.39 is 0 Å². The molecule has 3 rings (SSSR count). The zero-order valence-electron chi connectivity index (χ0n) is 12.3. The second-order valence-electron chi connectivity index (χ2n) is 5.72. The lowest BCUT2D eigenvalue weighted by molar-refractivity contribution is 0.102. The molecule has 0 bridgehead atoms. The Morgan fingerprint density at radius 2 is 2.10 bits per heavy atom. The SMILES string of the molecule is Cc1cccc(C(=O)Nc2ccc(NC3CC3C)nc2)c1. The topological polar surface area (TPSA) is 54.0 Å². The molecule has 0 saturated heterocycles. The summed E-state index contributed by atoms with van der Waals surface area (Å²) in [4.78, 5) is 16.5. The normalized spacial score (nSPS) is 19.9. The Labute approximate surface area is 124 Å². The third-order valence-corrected chi connectivity index (χ3v) is 3.74. The lowest BCUT2D eigenvalue weighted by atomic mass is 10.1. The van der Waals surface area contributed by atoms with Crippen molar-refractivity contribution in [2.24, 2.45) is 5.92 Å². The van der Waals surface area contributed by atoms with Gasteiger partial charge in [-0.1, -0.05) is 24.6 Å². The molecule has 1 fully saturated rings. The van der Waals surface area contributed by atoms with Crippen molar-refractivity contribution in [2.75, 3.05) is 10.6 Å². The molecule has 0 spiro atoms. The van der Waals surface area contributed by atoms with Gasteiger partial charge in [0, 0.05) is 11.6 Å². The van der Waals surface area contributed by atoms with Gasteiger partial charge in [0.2, 0.25) is 0 Å². The monoisotopic (exact) mass is 281 g/mol. The van der Waals surface area contributed by atoms with E-state index in [1.54, 1.807) is 12.3 Å². The Morgan fingerprint density at radius 1 is 1.29 bits per heavy atom. The van der Waals surface area contributed by atoms with Crippen LogP contribution in [0, 0.1) is 12.8 Å². The fraction of sp³-hybridized carbons (Fsp3) is 0.294. The molecule has 1 saturated carbocycles. The summed E-state index contributed by atoms with van der Waals surface area (Å²) in [6.45, 7) is 4.19. The van der Waals surface area contributed by atoms with E-state index in [-0.39, 0.29) is 5.91 Å². The predicted octanol–water partition coefficient (Wildman–Crippen LogP) is 3.46. The molecular weight excluding hydrogens is 262 g/mol.